The van der Waals surface area contributed by atoms with E-state index in [4.69, 9.17) is 0 Å². The number of ketones is 1. The van der Waals surface area contributed by atoms with Gasteiger partial charge in [0.2, 0.25) is 5.78 Å². The van der Waals surface area contributed by atoms with E-state index in [-0.39, 0.29) is 11.7 Å². The lowest BCUT2D eigenvalue weighted by atomic mass is 10.0. The topological polar surface area (TPSA) is 17.1 Å². The highest BCUT2D eigenvalue weighted by Gasteiger charge is 2.07. The minimum Gasteiger partial charge on any atom is -0.285 e. The Kier molecular flexibility index (Phi) is 7.20. The van der Waals surface area contributed by atoms with Crippen LogP contribution in [0.25, 0.3) is 0 Å². The Hall–Kier alpha value is -0.770. The molecule has 80 valence electrons. The highest BCUT2D eigenvalue weighted by molar-refractivity contribution is 5.96. The number of Topliss-reactive ketones (excluding diaryl/α,β-unsaturated/α-hetero) is 1. The summed E-state index contributed by atoms with van der Waals surface area (Å²) < 4.78 is 0. The molecule has 0 bridgehead atoms. The second kappa shape index (κ2) is 7.62. The van der Waals surface area contributed by atoms with Gasteiger partial charge in [0.15, 0.2) is 0 Å². The third kappa shape index (κ3) is 6.71. The quantitative estimate of drug-likeness (QED) is 0.484. The first-order valence-corrected chi connectivity index (χ1v) is 5.60. The zero-order chi connectivity index (χ0) is 11.0. The molecule has 0 rings (SSSR count). The SMILES string of the molecule is CCCC(C)C(=O)C#CCCC(C)C. The van der Waals surface area contributed by atoms with Crippen molar-refractivity contribution < 1.29 is 4.79 Å². The van der Waals surface area contributed by atoms with Crippen LogP contribution in [0.4, 0.5) is 0 Å². The van der Waals surface area contributed by atoms with Gasteiger partial charge in [-0.15, -0.1) is 0 Å². The fourth-order valence-corrected chi connectivity index (χ4v) is 1.20. The molecule has 0 aliphatic carbocycles. The summed E-state index contributed by atoms with van der Waals surface area (Å²) in [5.41, 5.74) is 0. The van der Waals surface area contributed by atoms with Crippen molar-refractivity contribution in [2.45, 2.75) is 53.4 Å². The van der Waals surface area contributed by atoms with Crippen molar-refractivity contribution in [1.29, 1.82) is 0 Å². The lowest BCUT2D eigenvalue weighted by molar-refractivity contribution is -0.117. The molecular formula is C13H22O. The molecule has 0 aromatic carbocycles. The second-order valence-electron chi connectivity index (χ2n) is 4.29. The number of carbonyl (C=O) groups is 1. The molecule has 0 aliphatic heterocycles. The van der Waals surface area contributed by atoms with Gasteiger partial charge >= 0.3 is 0 Å². The van der Waals surface area contributed by atoms with Gasteiger partial charge in [0, 0.05) is 12.3 Å². The third-order valence-corrected chi connectivity index (χ3v) is 2.23. The Labute approximate surface area is 88.3 Å². The molecule has 1 unspecified atom stereocenters. The predicted octanol–water partition coefficient (Wildman–Crippen LogP) is 3.43. The van der Waals surface area contributed by atoms with E-state index in [0.717, 1.165) is 25.7 Å². The molecule has 0 aromatic rings. The Morgan fingerprint density at radius 3 is 2.36 bits per heavy atom. The van der Waals surface area contributed by atoms with Crippen LogP contribution in [0.2, 0.25) is 0 Å². The van der Waals surface area contributed by atoms with Crippen LogP contribution in [-0.4, -0.2) is 5.78 Å². The van der Waals surface area contributed by atoms with Crippen molar-refractivity contribution in [3.05, 3.63) is 0 Å². The molecule has 14 heavy (non-hydrogen) atoms. The van der Waals surface area contributed by atoms with Crippen LogP contribution in [0.1, 0.15) is 53.4 Å². The summed E-state index contributed by atoms with van der Waals surface area (Å²) in [6.45, 7) is 8.39. The fraction of sp³-hybridized carbons (Fsp3) is 0.769. The van der Waals surface area contributed by atoms with Crippen molar-refractivity contribution in [3.8, 4) is 11.8 Å². The first kappa shape index (κ1) is 13.2. The number of rotatable bonds is 5. The number of hydrogen-bond donors (Lipinski definition) is 0. The summed E-state index contributed by atoms with van der Waals surface area (Å²) in [4.78, 5) is 11.4. The average Bonchev–Trinajstić information content (AvgIpc) is 2.12. The zero-order valence-electron chi connectivity index (χ0n) is 9.89. The Bertz CT molecular complexity index is 217. The molecule has 0 radical (unpaired) electrons. The van der Waals surface area contributed by atoms with Gasteiger partial charge < -0.3 is 0 Å². The van der Waals surface area contributed by atoms with E-state index < -0.39 is 0 Å². The summed E-state index contributed by atoms with van der Waals surface area (Å²) in [7, 11) is 0. The van der Waals surface area contributed by atoms with Gasteiger partial charge in [-0.3, -0.25) is 4.79 Å². The Balaban J connectivity index is 3.79. The van der Waals surface area contributed by atoms with Crippen LogP contribution in [0.3, 0.4) is 0 Å². The first-order chi connectivity index (χ1) is 6.57. The Morgan fingerprint density at radius 2 is 1.86 bits per heavy atom. The first-order valence-electron chi connectivity index (χ1n) is 5.60. The third-order valence-electron chi connectivity index (χ3n) is 2.23. The van der Waals surface area contributed by atoms with Gasteiger partial charge in [0.25, 0.3) is 0 Å². The fourth-order valence-electron chi connectivity index (χ4n) is 1.20. The molecule has 0 spiro atoms. The summed E-state index contributed by atoms with van der Waals surface area (Å²) in [5, 5.41) is 0. The molecule has 0 amide bonds. The van der Waals surface area contributed by atoms with Crippen molar-refractivity contribution in [3.63, 3.8) is 0 Å². The van der Waals surface area contributed by atoms with E-state index in [2.05, 4.69) is 32.6 Å². The summed E-state index contributed by atoms with van der Waals surface area (Å²) in [6.07, 6.45) is 3.95. The van der Waals surface area contributed by atoms with Gasteiger partial charge in [0.1, 0.15) is 0 Å². The molecule has 0 fully saturated rings. The minimum atomic E-state index is 0.107. The number of carbonyl (C=O) groups excluding carboxylic acids is 1. The smallest absolute Gasteiger partial charge is 0.208 e. The maximum Gasteiger partial charge on any atom is 0.208 e. The van der Waals surface area contributed by atoms with E-state index in [1.54, 1.807) is 0 Å². The molecule has 1 nitrogen and oxygen atoms in total. The van der Waals surface area contributed by atoms with Crippen molar-refractivity contribution in [2.75, 3.05) is 0 Å². The van der Waals surface area contributed by atoms with E-state index in [9.17, 15) is 4.79 Å². The molecule has 0 aliphatic rings. The molecular weight excluding hydrogens is 172 g/mol. The average molecular weight is 194 g/mol. The summed E-state index contributed by atoms with van der Waals surface area (Å²) >= 11 is 0. The zero-order valence-corrected chi connectivity index (χ0v) is 9.89. The largest absolute Gasteiger partial charge is 0.285 e. The van der Waals surface area contributed by atoms with Crippen molar-refractivity contribution in [1.82, 2.24) is 0 Å². The van der Waals surface area contributed by atoms with Gasteiger partial charge in [-0.2, -0.15) is 0 Å². The van der Waals surface area contributed by atoms with Gasteiger partial charge in [-0.05, 0) is 24.7 Å². The lowest BCUT2D eigenvalue weighted by Gasteiger charge is -2.02. The van der Waals surface area contributed by atoms with E-state index >= 15 is 0 Å². The molecule has 1 heteroatoms. The normalized spacial score (nSPS) is 12.1. The molecule has 0 saturated carbocycles. The van der Waals surface area contributed by atoms with Gasteiger partial charge in [-0.25, -0.2) is 0 Å². The van der Waals surface area contributed by atoms with Gasteiger partial charge in [-0.1, -0.05) is 40.0 Å². The van der Waals surface area contributed by atoms with Crippen molar-refractivity contribution >= 4 is 5.78 Å². The standard InChI is InChI=1S/C13H22O/c1-5-8-12(4)13(14)10-7-6-9-11(2)3/h11-12H,5-6,8-9H2,1-4H3. The maximum atomic E-state index is 11.4. The van der Waals surface area contributed by atoms with Crippen LogP contribution in [0.5, 0.6) is 0 Å². The molecule has 0 N–H and O–H groups in total. The van der Waals surface area contributed by atoms with Crippen LogP contribution < -0.4 is 0 Å². The summed E-state index contributed by atoms with van der Waals surface area (Å²) in [5.74, 6) is 6.59. The number of hydrogen-bond acceptors (Lipinski definition) is 1. The second-order valence-corrected chi connectivity index (χ2v) is 4.29. The maximum absolute atomic E-state index is 11.4. The van der Waals surface area contributed by atoms with Crippen LogP contribution in [0.15, 0.2) is 0 Å². The van der Waals surface area contributed by atoms with Crippen molar-refractivity contribution in [2.24, 2.45) is 11.8 Å². The van der Waals surface area contributed by atoms with E-state index in [1.807, 2.05) is 6.92 Å². The highest BCUT2D eigenvalue weighted by atomic mass is 16.1. The monoisotopic (exact) mass is 194 g/mol. The van der Waals surface area contributed by atoms with Gasteiger partial charge in [0.05, 0.1) is 0 Å². The summed E-state index contributed by atoms with van der Waals surface area (Å²) in [6, 6.07) is 0. The molecule has 1 atom stereocenters. The van der Waals surface area contributed by atoms with E-state index in [1.165, 1.54) is 0 Å². The predicted molar refractivity (Wildman–Crippen MR) is 60.9 cm³/mol. The van der Waals surface area contributed by atoms with E-state index in [0.29, 0.717) is 5.92 Å². The molecule has 0 aromatic heterocycles. The van der Waals surface area contributed by atoms with Crippen LogP contribution in [-0.2, 0) is 4.79 Å². The highest BCUT2D eigenvalue weighted by Crippen LogP contribution is 2.06. The molecule has 0 heterocycles. The Morgan fingerprint density at radius 1 is 1.21 bits per heavy atom. The van der Waals surface area contributed by atoms with Crippen LogP contribution in [0, 0.1) is 23.7 Å². The molecule has 0 saturated heterocycles. The van der Waals surface area contributed by atoms with Crippen LogP contribution >= 0.6 is 0 Å². The lowest BCUT2D eigenvalue weighted by Crippen LogP contribution is -2.07. The minimum absolute atomic E-state index is 0.107.